The largest absolute Gasteiger partial charge is 0.496 e. The first-order valence-electron chi connectivity index (χ1n) is 6.06. The molecule has 21 heavy (non-hydrogen) atoms. The van der Waals surface area contributed by atoms with Crippen LogP contribution in [0.25, 0.3) is 0 Å². The monoisotopic (exact) mass is 369 g/mol. The molecule has 0 saturated carbocycles. The van der Waals surface area contributed by atoms with E-state index in [9.17, 15) is 4.39 Å². The van der Waals surface area contributed by atoms with E-state index in [1.807, 2.05) is 6.07 Å². The Bertz CT molecular complexity index is 679. The normalized spacial score (nSPS) is 10.2. The number of rotatable bonds is 5. The van der Waals surface area contributed by atoms with Gasteiger partial charge in [-0.3, -0.25) is 0 Å². The lowest BCUT2D eigenvalue weighted by Crippen LogP contribution is -2.12. The second kappa shape index (κ2) is 6.87. The molecule has 0 saturated heterocycles. The third-order valence-electron chi connectivity index (χ3n) is 2.83. The number of benzene rings is 2. The van der Waals surface area contributed by atoms with Crippen molar-refractivity contribution in [3.63, 3.8) is 0 Å². The number of methoxy groups -OCH3 is 1. The van der Waals surface area contributed by atoms with E-state index in [2.05, 4.69) is 15.9 Å². The fraction of sp³-hybridized carbons (Fsp3) is 0.133. The Morgan fingerprint density at radius 2 is 2.05 bits per heavy atom. The van der Waals surface area contributed by atoms with Crippen molar-refractivity contribution in [2.24, 2.45) is 5.73 Å². The van der Waals surface area contributed by atoms with Crippen molar-refractivity contribution in [1.82, 2.24) is 0 Å². The third kappa shape index (κ3) is 3.92. The van der Waals surface area contributed by atoms with Crippen LogP contribution in [-0.2, 0) is 6.61 Å². The molecule has 0 aliphatic rings. The summed E-state index contributed by atoms with van der Waals surface area (Å²) < 4.78 is 24.5. The van der Waals surface area contributed by atoms with E-state index in [1.165, 1.54) is 6.07 Å². The summed E-state index contributed by atoms with van der Waals surface area (Å²) in [6.07, 6.45) is 0. The summed E-state index contributed by atoms with van der Waals surface area (Å²) >= 11 is 8.08. The number of hydrogen-bond donors (Lipinski definition) is 1. The molecule has 0 aliphatic heterocycles. The summed E-state index contributed by atoms with van der Waals surface area (Å²) in [4.78, 5) is 0.253. The van der Waals surface area contributed by atoms with Gasteiger partial charge in [-0.05, 0) is 45.8 Å². The van der Waals surface area contributed by atoms with Gasteiger partial charge < -0.3 is 15.2 Å². The van der Waals surface area contributed by atoms with Crippen LogP contribution in [0.1, 0.15) is 11.1 Å². The van der Waals surface area contributed by atoms with E-state index >= 15 is 0 Å². The van der Waals surface area contributed by atoms with Crippen molar-refractivity contribution in [3.05, 3.63) is 57.8 Å². The van der Waals surface area contributed by atoms with E-state index in [-0.39, 0.29) is 17.4 Å². The van der Waals surface area contributed by atoms with Crippen LogP contribution in [-0.4, -0.2) is 12.1 Å². The molecule has 0 radical (unpaired) electrons. The molecule has 110 valence electrons. The molecule has 0 bridgehead atoms. The molecule has 3 nitrogen and oxygen atoms in total. The van der Waals surface area contributed by atoms with Gasteiger partial charge in [-0.15, -0.1) is 0 Å². The maximum absolute atomic E-state index is 13.4. The quantitative estimate of drug-likeness (QED) is 0.813. The van der Waals surface area contributed by atoms with Crippen molar-refractivity contribution in [2.45, 2.75) is 6.61 Å². The standard InChI is InChI=1S/C15H13BrFNO2S/c1-19-14-5-2-9(6-11(14)15(18)21)8-20-10-3-4-12(16)13(17)7-10/h2-7H,8H2,1H3,(H2,18,21). The van der Waals surface area contributed by atoms with Crippen molar-refractivity contribution in [3.8, 4) is 11.5 Å². The zero-order valence-electron chi connectivity index (χ0n) is 11.2. The summed E-state index contributed by atoms with van der Waals surface area (Å²) in [5.74, 6) is 0.690. The van der Waals surface area contributed by atoms with Crippen LogP contribution in [0.3, 0.4) is 0 Å². The highest BCUT2D eigenvalue weighted by molar-refractivity contribution is 9.10. The lowest BCUT2D eigenvalue weighted by molar-refractivity contribution is 0.304. The van der Waals surface area contributed by atoms with Gasteiger partial charge in [-0.2, -0.15) is 0 Å². The SMILES string of the molecule is COc1ccc(COc2ccc(Br)c(F)c2)cc1C(N)=S. The molecule has 0 fully saturated rings. The highest BCUT2D eigenvalue weighted by Crippen LogP contribution is 2.23. The molecule has 2 N–H and O–H groups in total. The Labute approximate surface area is 136 Å². The van der Waals surface area contributed by atoms with Gasteiger partial charge in [0, 0.05) is 6.07 Å². The van der Waals surface area contributed by atoms with Crippen molar-refractivity contribution >= 4 is 33.1 Å². The summed E-state index contributed by atoms with van der Waals surface area (Å²) in [7, 11) is 1.55. The second-order valence-corrected chi connectivity index (χ2v) is 5.56. The minimum absolute atomic E-state index is 0.253. The molecule has 0 heterocycles. The molecule has 0 amide bonds. The van der Waals surface area contributed by atoms with Crippen molar-refractivity contribution < 1.29 is 13.9 Å². The maximum atomic E-state index is 13.4. The summed E-state index contributed by atoms with van der Waals surface area (Å²) in [5, 5.41) is 0. The van der Waals surface area contributed by atoms with Gasteiger partial charge in [0.25, 0.3) is 0 Å². The molecule has 0 atom stereocenters. The van der Waals surface area contributed by atoms with Crippen LogP contribution in [0.4, 0.5) is 4.39 Å². The Morgan fingerprint density at radius 1 is 1.29 bits per heavy atom. The number of ether oxygens (including phenoxy) is 2. The number of hydrogen-bond acceptors (Lipinski definition) is 3. The lowest BCUT2D eigenvalue weighted by Gasteiger charge is -2.11. The van der Waals surface area contributed by atoms with Crippen LogP contribution >= 0.6 is 28.1 Å². The Hall–Kier alpha value is -1.66. The molecular weight excluding hydrogens is 357 g/mol. The fourth-order valence-corrected chi connectivity index (χ4v) is 2.18. The molecule has 2 rings (SSSR count). The van der Waals surface area contributed by atoms with Gasteiger partial charge in [0.15, 0.2) is 0 Å². The minimum Gasteiger partial charge on any atom is -0.496 e. The zero-order valence-corrected chi connectivity index (χ0v) is 13.6. The molecule has 2 aromatic carbocycles. The van der Waals surface area contributed by atoms with Gasteiger partial charge in [-0.1, -0.05) is 18.3 Å². The second-order valence-electron chi connectivity index (χ2n) is 4.26. The molecule has 0 aliphatic carbocycles. The first kappa shape index (κ1) is 15.7. The third-order valence-corrected chi connectivity index (χ3v) is 3.69. The van der Waals surface area contributed by atoms with Crippen LogP contribution in [0, 0.1) is 5.82 Å². The Kier molecular flexibility index (Phi) is 5.14. The van der Waals surface area contributed by atoms with E-state index in [4.69, 9.17) is 27.4 Å². The summed E-state index contributed by atoms with van der Waals surface area (Å²) in [6.45, 7) is 0.278. The average Bonchev–Trinajstić information content (AvgIpc) is 2.48. The summed E-state index contributed by atoms with van der Waals surface area (Å²) in [5.41, 5.74) is 7.17. The Balaban J connectivity index is 2.14. The van der Waals surface area contributed by atoms with Crippen molar-refractivity contribution in [1.29, 1.82) is 0 Å². The van der Waals surface area contributed by atoms with Gasteiger partial charge in [-0.25, -0.2) is 4.39 Å². The van der Waals surface area contributed by atoms with Crippen LogP contribution in [0.15, 0.2) is 40.9 Å². The summed E-state index contributed by atoms with van der Waals surface area (Å²) in [6, 6.07) is 10.0. The highest BCUT2D eigenvalue weighted by atomic mass is 79.9. The topological polar surface area (TPSA) is 44.5 Å². The number of halogens is 2. The van der Waals surface area contributed by atoms with Gasteiger partial charge in [0.1, 0.15) is 28.9 Å². The predicted molar refractivity (Wildman–Crippen MR) is 87.3 cm³/mol. The fourth-order valence-electron chi connectivity index (χ4n) is 1.77. The van der Waals surface area contributed by atoms with Gasteiger partial charge in [0.05, 0.1) is 17.1 Å². The van der Waals surface area contributed by atoms with Crippen LogP contribution < -0.4 is 15.2 Å². The molecule has 6 heteroatoms. The number of nitrogens with two attached hydrogens (primary N) is 1. The molecule has 0 unspecified atom stereocenters. The maximum Gasteiger partial charge on any atom is 0.141 e. The van der Waals surface area contributed by atoms with E-state index in [0.717, 1.165) is 5.56 Å². The van der Waals surface area contributed by atoms with Crippen molar-refractivity contribution in [2.75, 3.05) is 7.11 Å². The van der Waals surface area contributed by atoms with E-state index in [0.29, 0.717) is 21.5 Å². The lowest BCUT2D eigenvalue weighted by atomic mass is 10.1. The van der Waals surface area contributed by atoms with Crippen LogP contribution in [0.2, 0.25) is 0 Å². The highest BCUT2D eigenvalue weighted by Gasteiger charge is 2.08. The molecule has 0 aromatic heterocycles. The molecule has 0 spiro atoms. The van der Waals surface area contributed by atoms with Gasteiger partial charge >= 0.3 is 0 Å². The Morgan fingerprint density at radius 3 is 2.67 bits per heavy atom. The molecule has 2 aromatic rings. The predicted octanol–water partition coefficient (Wildman–Crippen LogP) is 3.81. The zero-order chi connectivity index (χ0) is 15.4. The molecular formula is C15H13BrFNO2S. The number of thiocarbonyl (C=S) groups is 1. The minimum atomic E-state index is -0.369. The van der Waals surface area contributed by atoms with Gasteiger partial charge in [0.2, 0.25) is 0 Å². The van der Waals surface area contributed by atoms with E-state index in [1.54, 1.807) is 31.4 Å². The average molecular weight is 370 g/mol. The first-order chi connectivity index (χ1) is 10.0. The smallest absolute Gasteiger partial charge is 0.141 e. The first-order valence-corrected chi connectivity index (χ1v) is 7.26. The van der Waals surface area contributed by atoms with E-state index < -0.39 is 0 Å². The van der Waals surface area contributed by atoms with Crippen LogP contribution in [0.5, 0.6) is 11.5 Å².